The van der Waals surface area contributed by atoms with Crippen molar-refractivity contribution in [2.24, 2.45) is 0 Å². The standard InChI is InChI=1S/C50H49N3O/c1-31-14-10-15-32(2)47(31)38-22-23-45(54)42(29-38)37-18-12-19-41(28-37)53(49-35(5)26-40(27-36(49)6)50(7,8)9)46-21-13-20-43(52-46)44-30-39(24-25-51-44)48-33(3)16-11-17-34(48)4/h10-30,54H,1-9H3. The molecule has 0 bridgehead atoms. The summed E-state index contributed by atoms with van der Waals surface area (Å²) in [6.45, 7) is 19.7. The third-order valence-corrected chi connectivity index (χ3v) is 10.5. The van der Waals surface area contributed by atoms with Crippen LogP contribution in [0.15, 0.2) is 128 Å². The molecule has 2 heterocycles. The molecule has 0 saturated carbocycles. The molecule has 0 saturated heterocycles. The molecule has 5 aromatic carbocycles. The molecule has 270 valence electrons. The van der Waals surface area contributed by atoms with Crippen LogP contribution >= 0.6 is 0 Å². The number of aryl methyl sites for hydroxylation is 6. The van der Waals surface area contributed by atoms with Crippen LogP contribution in [0.3, 0.4) is 0 Å². The maximum absolute atomic E-state index is 11.3. The van der Waals surface area contributed by atoms with Crippen molar-refractivity contribution in [1.29, 1.82) is 0 Å². The van der Waals surface area contributed by atoms with E-state index in [1.807, 2.05) is 24.4 Å². The van der Waals surface area contributed by atoms with E-state index in [1.165, 1.54) is 38.9 Å². The van der Waals surface area contributed by atoms with E-state index in [1.54, 1.807) is 0 Å². The molecule has 7 rings (SSSR count). The molecule has 0 spiro atoms. The van der Waals surface area contributed by atoms with Gasteiger partial charge in [-0.25, -0.2) is 4.98 Å². The van der Waals surface area contributed by atoms with Crippen molar-refractivity contribution in [3.63, 3.8) is 0 Å². The Morgan fingerprint density at radius 2 is 1.09 bits per heavy atom. The number of anilines is 3. The summed E-state index contributed by atoms with van der Waals surface area (Å²) >= 11 is 0. The predicted octanol–water partition coefficient (Wildman–Crippen LogP) is 13.5. The molecule has 0 aliphatic carbocycles. The van der Waals surface area contributed by atoms with Crippen molar-refractivity contribution in [2.75, 3.05) is 4.90 Å². The summed E-state index contributed by atoms with van der Waals surface area (Å²) in [5, 5.41) is 11.3. The number of rotatable bonds is 7. The average molecular weight is 708 g/mol. The Bertz CT molecular complexity index is 2460. The smallest absolute Gasteiger partial charge is 0.138 e. The van der Waals surface area contributed by atoms with E-state index in [2.05, 4.69) is 170 Å². The zero-order valence-corrected chi connectivity index (χ0v) is 32.9. The van der Waals surface area contributed by atoms with Crippen molar-refractivity contribution in [2.45, 2.75) is 67.7 Å². The molecule has 0 aliphatic heterocycles. The zero-order valence-electron chi connectivity index (χ0n) is 32.9. The maximum Gasteiger partial charge on any atom is 0.138 e. The summed E-state index contributed by atoms with van der Waals surface area (Å²) in [6, 6.07) is 42.1. The first-order valence-electron chi connectivity index (χ1n) is 18.7. The number of phenolic OH excluding ortho intramolecular Hbond substituents is 1. The summed E-state index contributed by atoms with van der Waals surface area (Å²) in [7, 11) is 0. The van der Waals surface area contributed by atoms with Gasteiger partial charge in [0, 0.05) is 17.4 Å². The maximum atomic E-state index is 11.3. The Morgan fingerprint density at radius 1 is 0.519 bits per heavy atom. The summed E-state index contributed by atoms with van der Waals surface area (Å²) in [5.74, 6) is 1.03. The van der Waals surface area contributed by atoms with Gasteiger partial charge in [0.15, 0.2) is 0 Å². The van der Waals surface area contributed by atoms with Crippen LogP contribution in [0.25, 0.3) is 44.8 Å². The lowest BCUT2D eigenvalue weighted by atomic mass is 9.84. The summed E-state index contributed by atoms with van der Waals surface area (Å²) < 4.78 is 0. The van der Waals surface area contributed by atoms with Gasteiger partial charge in [-0.3, -0.25) is 9.88 Å². The first-order valence-corrected chi connectivity index (χ1v) is 18.7. The third kappa shape index (κ3) is 7.04. The summed E-state index contributed by atoms with van der Waals surface area (Å²) in [4.78, 5) is 12.4. The fourth-order valence-electron chi connectivity index (χ4n) is 7.81. The normalized spacial score (nSPS) is 11.5. The van der Waals surface area contributed by atoms with Gasteiger partial charge in [0.05, 0.1) is 17.1 Å². The highest BCUT2D eigenvalue weighted by molar-refractivity contribution is 5.85. The predicted molar refractivity (Wildman–Crippen MR) is 227 cm³/mol. The van der Waals surface area contributed by atoms with Crippen LogP contribution < -0.4 is 4.90 Å². The number of pyridine rings is 2. The molecule has 2 aromatic heterocycles. The first kappa shape index (κ1) is 36.4. The highest BCUT2D eigenvalue weighted by atomic mass is 16.3. The lowest BCUT2D eigenvalue weighted by molar-refractivity contribution is 0.477. The second-order valence-corrected chi connectivity index (χ2v) is 15.7. The van der Waals surface area contributed by atoms with Crippen LogP contribution in [0.4, 0.5) is 17.2 Å². The van der Waals surface area contributed by atoms with Crippen LogP contribution in [-0.4, -0.2) is 15.1 Å². The van der Waals surface area contributed by atoms with E-state index in [9.17, 15) is 5.11 Å². The molecule has 1 N–H and O–H groups in total. The van der Waals surface area contributed by atoms with Gasteiger partial charge in [-0.15, -0.1) is 0 Å². The average Bonchev–Trinajstić information content (AvgIpc) is 3.13. The van der Waals surface area contributed by atoms with Gasteiger partial charge in [-0.2, -0.15) is 0 Å². The number of benzene rings is 5. The van der Waals surface area contributed by atoms with Gasteiger partial charge < -0.3 is 5.11 Å². The SMILES string of the molecule is Cc1cccc(C)c1-c1ccnc(-c2cccc(N(c3cccc(-c4cc(-c5c(C)cccc5C)ccc4O)c3)c3c(C)cc(C(C)(C)C)cc3C)n2)c1. The minimum absolute atomic E-state index is 0.00111. The van der Waals surface area contributed by atoms with E-state index >= 15 is 0 Å². The van der Waals surface area contributed by atoms with Gasteiger partial charge in [0.1, 0.15) is 11.6 Å². The van der Waals surface area contributed by atoms with E-state index < -0.39 is 0 Å². The topological polar surface area (TPSA) is 49.2 Å². The number of phenols is 1. The molecule has 7 aromatic rings. The van der Waals surface area contributed by atoms with Crippen molar-refractivity contribution in [1.82, 2.24) is 9.97 Å². The molecule has 0 unspecified atom stereocenters. The van der Waals surface area contributed by atoms with E-state index in [-0.39, 0.29) is 11.2 Å². The monoisotopic (exact) mass is 707 g/mol. The van der Waals surface area contributed by atoms with Gasteiger partial charge >= 0.3 is 0 Å². The van der Waals surface area contributed by atoms with Crippen molar-refractivity contribution < 1.29 is 5.11 Å². The third-order valence-electron chi connectivity index (χ3n) is 10.5. The molecule has 0 radical (unpaired) electrons. The Labute approximate surface area is 320 Å². The fraction of sp³-hybridized carbons (Fsp3) is 0.200. The van der Waals surface area contributed by atoms with Crippen molar-refractivity contribution in [3.8, 4) is 50.5 Å². The quantitative estimate of drug-likeness (QED) is 0.179. The van der Waals surface area contributed by atoms with Crippen LogP contribution in [0.5, 0.6) is 5.75 Å². The summed E-state index contributed by atoms with van der Waals surface area (Å²) in [5.41, 5.74) is 18.4. The molecule has 4 nitrogen and oxygen atoms in total. The van der Waals surface area contributed by atoms with E-state index in [4.69, 9.17) is 9.97 Å². The van der Waals surface area contributed by atoms with Crippen LogP contribution in [0, 0.1) is 41.5 Å². The van der Waals surface area contributed by atoms with Crippen molar-refractivity contribution in [3.05, 3.63) is 166 Å². The van der Waals surface area contributed by atoms with Crippen LogP contribution in [0.2, 0.25) is 0 Å². The molecule has 0 amide bonds. The largest absolute Gasteiger partial charge is 0.507 e. The zero-order chi connectivity index (χ0) is 38.3. The van der Waals surface area contributed by atoms with Crippen molar-refractivity contribution >= 4 is 17.2 Å². The number of aromatic nitrogens is 2. The van der Waals surface area contributed by atoms with E-state index in [0.29, 0.717) is 0 Å². The second kappa shape index (κ2) is 14.4. The molecule has 0 atom stereocenters. The van der Waals surface area contributed by atoms with Crippen LogP contribution in [-0.2, 0) is 5.41 Å². The minimum atomic E-state index is 0.00111. The Balaban J connectivity index is 1.39. The van der Waals surface area contributed by atoms with Gasteiger partial charge in [-0.05, 0) is 162 Å². The number of aromatic hydroxyl groups is 1. The van der Waals surface area contributed by atoms with Crippen LogP contribution in [0.1, 0.15) is 59.7 Å². The highest BCUT2D eigenvalue weighted by Crippen LogP contribution is 2.43. The van der Waals surface area contributed by atoms with Gasteiger partial charge in [-0.1, -0.05) is 93.6 Å². The lowest BCUT2D eigenvalue weighted by Gasteiger charge is -2.30. The molecular formula is C50H49N3O. The second-order valence-electron chi connectivity index (χ2n) is 15.7. The number of hydrogen-bond donors (Lipinski definition) is 1. The lowest BCUT2D eigenvalue weighted by Crippen LogP contribution is -2.17. The number of nitrogens with zero attached hydrogens (tertiary/aromatic N) is 3. The Hall–Kier alpha value is -6.00. The van der Waals surface area contributed by atoms with Gasteiger partial charge in [0.2, 0.25) is 0 Å². The molecule has 0 aliphatic rings. The molecule has 0 fully saturated rings. The Kier molecular flexibility index (Phi) is 9.72. The fourth-order valence-corrected chi connectivity index (χ4v) is 7.81. The minimum Gasteiger partial charge on any atom is -0.507 e. The van der Waals surface area contributed by atoms with Gasteiger partial charge in [0.25, 0.3) is 0 Å². The Morgan fingerprint density at radius 3 is 1.70 bits per heavy atom. The number of hydrogen-bond acceptors (Lipinski definition) is 4. The molecular weight excluding hydrogens is 659 g/mol. The molecule has 54 heavy (non-hydrogen) atoms. The first-order chi connectivity index (χ1) is 25.8. The van der Waals surface area contributed by atoms with E-state index in [0.717, 1.165) is 62.0 Å². The summed E-state index contributed by atoms with van der Waals surface area (Å²) in [6.07, 6.45) is 1.88. The molecule has 4 heteroatoms. The highest BCUT2D eigenvalue weighted by Gasteiger charge is 2.23.